The molecule has 1 aromatic heterocycles. The van der Waals surface area contributed by atoms with Gasteiger partial charge >= 0.3 is 5.69 Å². The van der Waals surface area contributed by atoms with Crippen molar-refractivity contribution in [2.75, 3.05) is 51.1 Å². The molecule has 4 rings (SSSR count). The van der Waals surface area contributed by atoms with Crippen LogP contribution < -0.4 is 20.8 Å². The number of nitrogens with one attached hydrogen (secondary N) is 1. The van der Waals surface area contributed by atoms with Crippen molar-refractivity contribution in [2.24, 2.45) is 0 Å². The molecule has 0 radical (unpaired) electrons. The normalized spacial score (nSPS) is 16.5. The second-order valence-electron chi connectivity index (χ2n) is 8.32. The molecular formula is C23H31N5O3S. The van der Waals surface area contributed by atoms with Crippen molar-refractivity contribution in [2.45, 2.75) is 37.3 Å². The predicted molar refractivity (Wildman–Crippen MR) is 126 cm³/mol. The molecule has 0 bridgehead atoms. The number of methoxy groups -OCH3 is 1. The van der Waals surface area contributed by atoms with Crippen molar-refractivity contribution >= 4 is 17.7 Å². The van der Waals surface area contributed by atoms with Gasteiger partial charge in [0, 0.05) is 38.3 Å². The molecule has 1 aliphatic heterocycles. The van der Waals surface area contributed by atoms with Crippen LogP contribution in [0.4, 0.5) is 0 Å². The molecule has 1 saturated heterocycles. The highest BCUT2D eigenvalue weighted by molar-refractivity contribution is 7.99. The van der Waals surface area contributed by atoms with E-state index in [1.807, 2.05) is 28.9 Å². The van der Waals surface area contributed by atoms with E-state index in [1.165, 1.54) is 11.8 Å². The number of likely N-dealkylation sites (N-methyl/N-ethyl adjacent to an activating group) is 1. The summed E-state index contributed by atoms with van der Waals surface area (Å²) < 4.78 is 7.04. The number of ether oxygens (including phenoxy) is 1. The zero-order valence-electron chi connectivity index (χ0n) is 18.8. The lowest BCUT2D eigenvalue weighted by atomic mass is 9.97. The van der Waals surface area contributed by atoms with Crippen LogP contribution in [-0.2, 0) is 24.2 Å². The molecule has 8 nitrogen and oxygen atoms in total. The number of carbonyl (C=O) groups is 1. The maximum atomic E-state index is 13.0. The van der Waals surface area contributed by atoms with Crippen molar-refractivity contribution in [1.82, 2.24) is 19.9 Å². The van der Waals surface area contributed by atoms with Crippen molar-refractivity contribution in [3.05, 3.63) is 51.6 Å². The second-order valence-corrected chi connectivity index (χ2v) is 9.28. The minimum atomic E-state index is -0.227. The zero-order chi connectivity index (χ0) is 22.5. The Hall–Kier alpha value is -2.52. The molecule has 9 heteroatoms. The maximum absolute atomic E-state index is 13.0. The molecule has 1 fully saturated rings. The lowest BCUT2D eigenvalue weighted by Crippen LogP contribution is -2.55. The van der Waals surface area contributed by atoms with Gasteiger partial charge in [-0.15, -0.1) is 0 Å². The van der Waals surface area contributed by atoms with E-state index >= 15 is 0 Å². The summed E-state index contributed by atoms with van der Waals surface area (Å²) in [4.78, 5) is 32.1. The number of amides is 1. The molecule has 172 valence electrons. The van der Waals surface area contributed by atoms with Crippen molar-refractivity contribution in [3.8, 4) is 5.75 Å². The fourth-order valence-corrected chi connectivity index (χ4v) is 5.15. The van der Waals surface area contributed by atoms with Gasteiger partial charge in [-0.2, -0.15) is 4.98 Å². The molecule has 1 aromatic carbocycles. The first-order valence-corrected chi connectivity index (χ1v) is 12.1. The number of hydrogen-bond acceptors (Lipinski definition) is 7. The molecule has 1 aliphatic carbocycles. The number of fused-ring (bicyclic) bond motifs is 1. The van der Waals surface area contributed by atoms with Crippen molar-refractivity contribution in [3.63, 3.8) is 0 Å². The zero-order valence-corrected chi connectivity index (χ0v) is 19.6. The average molecular weight is 458 g/mol. The fourth-order valence-electron chi connectivity index (χ4n) is 4.25. The van der Waals surface area contributed by atoms with Gasteiger partial charge in [0.15, 0.2) is 0 Å². The molecule has 0 saturated carbocycles. The number of piperazine rings is 1. The Morgan fingerprint density at radius 3 is 2.75 bits per heavy atom. The van der Waals surface area contributed by atoms with Crippen LogP contribution in [0.2, 0.25) is 0 Å². The molecule has 2 aromatic rings. The Morgan fingerprint density at radius 1 is 1.19 bits per heavy atom. The van der Waals surface area contributed by atoms with Gasteiger partial charge < -0.3 is 20.0 Å². The van der Waals surface area contributed by atoms with Crippen molar-refractivity contribution in [1.29, 1.82) is 0 Å². The van der Waals surface area contributed by atoms with E-state index in [0.29, 0.717) is 11.6 Å². The summed E-state index contributed by atoms with van der Waals surface area (Å²) in [6, 6.07) is 7.64. The van der Waals surface area contributed by atoms with Crippen LogP contribution in [0.5, 0.6) is 5.75 Å². The number of carbonyl (C=O) groups excluding carboxylic acids is 1. The van der Waals surface area contributed by atoms with Crippen LogP contribution in [0.1, 0.15) is 29.7 Å². The van der Waals surface area contributed by atoms with Crippen LogP contribution in [0, 0.1) is 0 Å². The van der Waals surface area contributed by atoms with Gasteiger partial charge in [0.25, 0.3) is 0 Å². The Morgan fingerprint density at radius 2 is 1.97 bits per heavy atom. The first-order chi connectivity index (χ1) is 15.5. The smallest absolute Gasteiger partial charge is 0.367 e. The number of rotatable bonds is 7. The average Bonchev–Trinajstić information content (AvgIpc) is 2.82. The van der Waals surface area contributed by atoms with Crippen LogP contribution in [0.3, 0.4) is 0 Å². The van der Waals surface area contributed by atoms with E-state index in [0.717, 1.165) is 74.4 Å². The number of hydrogen-bond donors (Lipinski definition) is 1. The summed E-state index contributed by atoms with van der Waals surface area (Å²) in [6.45, 7) is 3.96. The first-order valence-electron chi connectivity index (χ1n) is 11.2. The first kappa shape index (κ1) is 22.7. The lowest BCUT2D eigenvalue weighted by molar-refractivity contribution is -0.118. The number of aromatic nitrogens is 2. The summed E-state index contributed by atoms with van der Waals surface area (Å²) in [6.07, 6.45) is 3.96. The van der Waals surface area contributed by atoms with Crippen LogP contribution in [0.25, 0.3) is 0 Å². The maximum Gasteiger partial charge on any atom is 0.367 e. The number of nitrogens with zero attached hydrogens (tertiary/aromatic N) is 4. The molecule has 0 unspecified atom stereocenters. The Labute approximate surface area is 192 Å². The molecular weight excluding hydrogens is 426 g/mol. The molecule has 0 spiro atoms. The van der Waals surface area contributed by atoms with Crippen molar-refractivity contribution < 1.29 is 9.53 Å². The summed E-state index contributed by atoms with van der Waals surface area (Å²) in [5.74, 6) is 0.928. The van der Waals surface area contributed by atoms with E-state index in [2.05, 4.69) is 27.3 Å². The summed E-state index contributed by atoms with van der Waals surface area (Å²) in [5, 5.41) is 5.79. The van der Waals surface area contributed by atoms with Crippen LogP contribution >= 0.6 is 11.8 Å². The van der Waals surface area contributed by atoms with Crippen LogP contribution in [0.15, 0.2) is 34.1 Å². The van der Waals surface area contributed by atoms with Crippen LogP contribution in [-0.4, -0.2) is 66.6 Å². The molecule has 1 N–H and O–H groups in total. The van der Waals surface area contributed by atoms with E-state index in [4.69, 9.17) is 4.74 Å². The standard InChI is InChI=1S/C23H31N5O3S/c1-26-10-12-27(13-11-26)28-20-9-4-3-8-19(20)22(25-23(28)30)32-16-21(29)24-15-17-6-5-7-18(14-17)31-2/h5-7,14H,3-4,8-13,15-16H2,1-2H3,(H,24,29). The Bertz CT molecular complexity index is 1020. The van der Waals surface area contributed by atoms with E-state index in [-0.39, 0.29) is 17.3 Å². The highest BCUT2D eigenvalue weighted by Crippen LogP contribution is 2.28. The highest BCUT2D eigenvalue weighted by atomic mass is 32.2. The van der Waals surface area contributed by atoms with E-state index < -0.39 is 0 Å². The molecule has 32 heavy (non-hydrogen) atoms. The van der Waals surface area contributed by atoms with Gasteiger partial charge in [-0.1, -0.05) is 23.9 Å². The van der Waals surface area contributed by atoms with Gasteiger partial charge in [-0.25, -0.2) is 9.47 Å². The second kappa shape index (κ2) is 10.4. The SMILES string of the molecule is COc1cccc(CNC(=O)CSc2nc(=O)n(N3CCN(C)CC3)c3c2CCCC3)c1. The monoisotopic (exact) mass is 457 g/mol. The third-order valence-electron chi connectivity index (χ3n) is 6.06. The molecule has 0 atom stereocenters. The van der Waals surface area contributed by atoms with Gasteiger partial charge in [0.1, 0.15) is 10.8 Å². The largest absolute Gasteiger partial charge is 0.497 e. The molecule has 2 aliphatic rings. The minimum absolute atomic E-state index is 0.0765. The fraction of sp³-hybridized carbons (Fsp3) is 0.522. The number of benzene rings is 1. The highest BCUT2D eigenvalue weighted by Gasteiger charge is 2.25. The third kappa shape index (κ3) is 5.27. The van der Waals surface area contributed by atoms with Gasteiger partial charge in [-0.05, 0) is 50.4 Å². The number of thioether (sulfide) groups is 1. The van der Waals surface area contributed by atoms with Gasteiger partial charge in [-0.3, -0.25) is 4.79 Å². The van der Waals surface area contributed by atoms with E-state index in [1.54, 1.807) is 7.11 Å². The topological polar surface area (TPSA) is 79.7 Å². The quantitative estimate of drug-likeness (QED) is 0.498. The summed E-state index contributed by atoms with van der Waals surface area (Å²) in [7, 11) is 3.73. The molecule has 1 amide bonds. The summed E-state index contributed by atoms with van der Waals surface area (Å²) >= 11 is 1.37. The lowest BCUT2D eigenvalue weighted by Gasteiger charge is -2.37. The Kier molecular flexibility index (Phi) is 7.36. The predicted octanol–water partition coefficient (Wildman–Crippen LogP) is 1.42. The minimum Gasteiger partial charge on any atom is -0.497 e. The third-order valence-corrected chi connectivity index (χ3v) is 7.07. The van der Waals surface area contributed by atoms with Gasteiger partial charge in [0.05, 0.1) is 18.6 Å². The molecule has 2 heterocycles. The van der Waals surface area contributed by atoms with Gasteiger partial charge in [0.2, 0.25) is 5.91 Å². The Balaban J connectivity index is 1.44. The summed E-state index contributed by atoms with van der Waals surface area (Å²) in [5.41, 5.74) is 2.97. The van der Waals surface area contributed by atoms with E-state index in [9.17, 15) is 9.59 Å².